The van der Waals surface area contributed by atoms with Gasteiger partial charge in [-0.1, -0.05) is 6.07 Å². The van der Waals surface area contributed by atoms with Crippen molar-refractivity contribution in [2.75, 3.05) is 12.3 Å². The van der Waals surface area contributed by atoms with Gasteiger partial charge in [0.1, 0.15) is 0 Å². The second-order valence-electron chi connectivity index (χ2n) is 4.92. The van der Waals surface area contributed by atoms with Crippen LogP contribution in [0.5, 0.6) is 0 Å². The lowest BCUT2D eigenvalue weighted by Crippen LogP contribution is -2.26. The highest BCUT2D eigenvalue weighted by Gasteiger charge is 2.11. The predicted octanol–water partition coefficient (Wildman–Crippen LogP) is 2.25. The molecule has 0 aliphatic heterocycles. The molecule has 20 heavy (non-hydrogen) atoms. The molecule has 0 fully saturated rings. The maximum Gasteiger partial charge on any atom is 0.303 e. The molecule has 1 aromatic carbocycles. The van der Waals surface area contributed by atoms with E-state index in [1.807, 2.05) is 0 Å². The Balaban J connectivity index is 1.69. The van der Waals surface area contributed by atoms with Gasteiger partial charge in [0.2, 0.25) is 5.91 Å². The van der Waals surface area contributed by atoms with Gasteiger partial charge in [-0.15, -0.1) is 11.8 Å². The second kappa shape index (κ2) is 7.33. The molecule has 1 amide bonds. The predicted molar refractivity (Wildman–Crippen MR) is 79.1 cm³/mol. The van der Waals surface area contributed by atoms with Crippen LogP contribution in [0.15, 0.2) is 23.1 Å². The fourth-order valence-electron chi connectivity index (χ4n) is 2.31. The minimum Gasteiger partial charge on any atom is -0.481 e. The average Bonchev–Trinajstić information content (AvgIpc) is 2.88. The van der Waals surface area contributed by atoms with Crippen LogP contribution in [0.2, 0.25) is 0 Å². The highest BCUT2D eigenvalue weighted by atomic mass is 32.2. The van der Waals surface area contributed by atoms with Crippen molar-refractivity contribution < 1.29 is 14.7 Å². The van der Waals surface area contributed by atoms with Crippen LogP contribution in [-0.4, -0.2) is 29.3 Å². The molecule has 0 saturated carbocycles. The topological polar surface area (TPSA) is 66.4 Å². The summed E-state index contributed by atoms with van der Waals surface area (Å²) in [7, 11) is 0. The summed E-state index contributed by atoms with van der Waals surface area (Å²) in [6.45, 7) is 0.426. The first kappa shape index (κ1) is 14.9. The number of carbonyl (C=O) groups is 2. The monoisotopic (exact) mass is 293 g/mol. The SMILES string of the molecule is O=C(O)CCCNC(=O)CSc1ccc2c(c1)CCC2. The Morgan fingerprint density at radius 2 is 2.05 bits per heavy atom. The molecule has 0 bridgehead atoms. The van der Waals surface area contributed by atoms with E-state index in [-0.39, 0.29) is 12.3 Å². The fourth-order valence-corrected chi connectivity index (χ4v) is 3.09. The van der Waals surface area contributed by atoms with E-state index in [0.717, 1.165) is 11.3 Å². The van der Waals surface area contributed by atoms with Crippen molar-refractivity contribution in [1.82, 2.24) is 5.32 Å². The third-order valence-corrected chi connectivity index (χ3v) is 4.32. The Morgan fingerprint density at radius 1 is 1.25 bits per heavy atom. The maximum atomic E-state index is 11.6. The van der Waals surface area contributed by atoms with Gasteiger partial charge in [0.25, 0.3) is 0 Å². The molecule has 1 aliphatic rings. The normalized spacial score (nSPS) is 13.0. The minimum atomic E-state index is -0.827. The van der Waals surface area contributed by atoms with E-state index in [9.17, 15) is 9.59 Å². The Bertz CT molecular complexity index is 502. The molecule has 108 valence electrons. The minimum absolute atomic E-state index is 0.0408. The molecular formula is C15H19NO3S. The van der Waals surface area contributed by atoms with Gasteiger partial charge in [-0.05, 0) is 48.9 Å². The van der Waals surface area contributed by atoms with Crippen molar-refractivity contribution in [2.24, 2.45) is 0 Å². The average molecular weight is 293 g/mol. The zero-order valence-corrected chi connectivity index (χ0v) is 12.2. The number of thioether (sulfide) groups is 1. The number of aliphatic carboxylic acids is 1. The first-order chi connectivity index (χ1) is 9.65. The van der Waals surface area contributed by atoms with E-state index >= 15 is 0 Å². The first-order valence-electron chi connectivity index (χ1n) is 6.88. The number of aryl methyl sites for hydroxylation is 2. The zero-order valence-electron chi connectivity index (χ0n) is 11.4. The number of benzene rings is 1. The Labute approximate surface area is 123 Å². The van der Waals surface area contributed by atoms with Crippen LogP contribution in [0.1, 0.15) is 30.4 Å². The van der Waals surface area contributed by atoms with Crippen LogP contribution < -0.4 is 5.32 Å². The van der Waals surface area contributed by atoms with Crippen molar-refractivity contribution in [2.45, 2.75) is 37.0 Å². The van der Waals surface area contributed by atoms with E-state index < -0.39 is 5.97 Å². The van der Waals surface area contributed by atoms with Crippen LogP contribution >= 0.6 is 11.8 Å². The molecule has 1 aliphatic carbocycles. The first-order valence-corrected chi connectivity index (χ1v) is 7.87. The lowest BCUT2D eigenvalue weighted by Gasteiger charge is -2.06. The summed E-state index contributed by atoms with van der Waals surface area (Å²) in [5.41, 5.74) is 2.85. The molecule has 0 spiro atoms. The Kier molecular flexibility index (Phi) is 5.47. The molecule has 0 unspecified atom stereocenters. The third-order valence-electron chi connectivity index (χ3n) is 3.33. The zero-order chi connectivity index (χ0) is 14.4. The van der Waals surface area contributed by atoms with Crippen LogP contribution in [-0.2, 0) is 22.4 Å². The standard InChI is InChI=1S/C15H19NO3S/c17-14(16-8-2-5-15(18)19)10-20-13-7-6-11-3-1-4-12(11)9-13/h6-7,9H,1-5,8,10H2,(H,16,17)(H,18,19). The van der Waals surface area contributed by atoms with E-state index in [2.05, 4.69) is 23.5 Å². The van der Waals surface area contributed by atoms with Gasteiger partial charge in [-0.3, -0.25) is 9.59 Å². The third kappa shape index (κ3) is 4.56. The Morgan fingerprint density at radius 3 is 2.85 bits per heavy atom. The molecule has 0 atom stereocenters. The van der Waals surface area contributed by atoms with Gasteiger partial charge in [-0.2, -0.15) is 0 Å². The summed E-state index contributed by atoms with van der Waals surface area (Å²) in [5, 5.41) is 11.2. The molecule has 0 aromatic heterocycles. The highest BCUT2D eigenvalue weighted by molar-refractivity contribution is 8.00. The van der Waals surface area contributed by atoms with E-state index in [1.165, 1.54) is 35.7 Å². The largest absolute Gasteiger partial charge is 0.481 e. The van der Waals surface area contributed by atoms with Gasteiger partial charge in [0, 0.05) is 17.9 Å². The number of carboxylic acid groups (broad SMARTS) is 1. The molecule has 4 nitrogen and oxygen atoms in total. The van der Waals surface area contributed by atoms with Crippen molar-refractivity contribution in [3.05, 3.63) is 29.3 Å². The fraction of sp³-hybridized carbons (Fsp3) is 0.467. The Hall–Kier alpha value is -1.49. The number of hydrogen-bond acceptors (Lipinski definition) is 3. The van der Waals surface area contributed by atoms with Gasteiger partial charge in [-0.25, -0.2) is 0 Å². The number of rotatable bonds is 7. The van der Waals surface area contributed by atoms with Crippen molar-refractivity contribution in [3.8, 4) is 0 Å². The molecule has 0 heterocycles. The van der Waals surface area contributed by atoms with Crippen LogP contribution in [0.25, 0.3) is 0 Å². The van der Waals surface area contributed by atoms with Crippen molar-refractivity contribution >= 4 is 23.6 Å². The second-order valence-corrected chi connectivity index (χ2v) is 5.97. The summed E-state index contributed by atoms with van der Waals surface area (Å²) >= 11 is 1.53. The number of fused-ring (bicyclic) bond motifs is 1. The van der Waals surface area contributed by atoms with Gasteiger partial charge in [0.15, 0.2) is 0 Å². The lowest BCUT2D eigenvalue weighted by atomic mass is 10.1. The van der Waals surface area contributed by atoms with Crippen molar-refractivity contribution in [1.29, 1.82) is 0 Å². The number of nitrogens with one attached hydrogen (secondary N) is 1. The van der Waals surface area contributed by atoms with E-state index in [4.69, 9.17) is 5.11 Å². The molecule has 5 heteroatoms. The quantitative estimate of drug-likeness (QED) is 0.598. The molecular weight excluding hydrogens is 274 g/mol. The summed E-state index contributed by atoms with van der Waals surface area (Å²) in [4.78, 5) is 23.1. The summed E-state index contributed by atoms with van der Waals surface area (Å²) in [6.07, 6.45) is 4.12. The maximum absolute atomic E-state index is 11.6. The van der Waals surface area contributed by atoms with E-state index in [0.29, 0.717) is 18.7 Å². The molecule has 2 rings (SSSR count). The molecule has 2 N–H and O–H groups in total. The molecule has 1 aromatic rings. The van der Waals surface area contributed by atoms with Gasteiger partial charge in [0.05, 0.1) is 5.75 Å². The molecule has 0 saturated heterocycles. The van der Waals surface area contributed by atoms with Crippen molar-refractivity contribution in [3.63, 3.8) is 0 Å². The summed E-state index contributed by atoms with van der Waals surface area (Å²) in [5.74, 6) is -0.487. The van der Waals surface area contributed by atoms with E-state index in [1.54, 1.807) is 0 Å². The smallest absolute Gasteiger partial charge is 0.303 e. The number of hydrogen-bond donors (Lipinski definition) is 2. The molecule has 0 radical (unpaired) electrons. The number of carboxylic acids is 1. The van der Waals surface area contributed by atoms with Crippen LogP contribution in [0.3, 0.4) is 0 Å². The summed E-state index contributed by atoms with van der Waals surface area (Å²) < 4.78 is 0. The van der Waals surface area contributed by atoms with Crippen LogP contribution in [0.4, 0.5) is 0 Å². The number of amides is 1. The number of carbonyl (C=O) groups excluding carboxylic acids is 1. The lowest BCUT2D eigenvalue weighted by molar-refractivity contribution is -0.137. The highest BCUT2D eigenvalue weighted by Crippen LogP contribution is 2.27. The van der Waals surface area contributed by atoms with Gasteiger partial charge >= 0.3 is 5.97 Å². The summed E-state index contributed by atoms with van der Waals surface area (Å²) in [6, 6.07) is 6.42. The van der Waals surface area contributed by atoms with Crippen LogP contribution in [0, 0.1) is 0 Å². The van der Waals surface area contributed by atoms with Gasteiger partial charge < -0.3 is 10.4 Å².